The lowest BCUT2D eigenvalue weighted by atomic mass is 10.2. The van der Waals surface area contributed by atoms with Gasteiger partial charge in [-0.05, 0) is 25.1 Å². The first-order valence-corrected chi connectivity index (χ1v) is 8.13. The van der Waals surface area contributed by atoms with Gasteiger partial charge in [-0.15, -0.1) is 0 Å². The van der Waals surface area contributed by atoms with E-state index in [-0.39, 0.29) is 10.6 Å². The molecule has 1 aromatic carbocycles. The third-order valence-electron chi connectivity index (χ3n) is 3.10. The number of carbonyl (C=O) groups excluding carboxylic acids is 1. The van der Waals surface area contributed by atoms with Crippen LogP contribution in [-0.2, 0) is 14.8 Å². The van der Waals surface area contributed by atoms with Gasteiger partial charge in [0.1, 0.15) is 0 Å². The monoisotopic (exact) mass is 337 g/mol. The molecule has 1 aromatic heterocycles. The number of rotatable bonds is 5. The molecule has 1 heterocycles. The van der Waals surface area contributed by atoms with E-state index in [1.54, 1.807) is 12.1 Å². The molecule has 0 aliphatic rings. The van der Waals surface area contributed by atoms with Crippen LogP contribution in [0, 0.1) is 6.92 Å². The standard InChI is InChI=1S/C15H16N2O5S/c1-11-4-7-13(8-5-11)23(19,20)16-17-10-12(21-2)6-9-14(17)15(18)22-3/h4-10H,1-3H3/p+1. The number of esters is 1. The molecule has 0 saturated carbocycles. The summed E-state index contributed by atoms with van der Waals surface area (Å²) in [6, 6.07) is 9.27. The molecule has 0 aliphatic heterocycles. The van der Waals surface area contributed by atoms with E-state index in [1.165, 1.54) is 44.7 Å². The largest absolute Gasteiger partial charge is 0.491 e. The molecule has 8 heteroatoms. The van der Waals surface area contributed by atoms with E-state index in [1.807, 2.05) is 6.92 Å². The Morgan fingerprint density at radius 2 is 1.74 bits per heavy atom. The number of sulfonamides is 1. The summed E-state index contributed by atoms with van der Waals surface area (Å²) < 4.78 is 35.7. The fraction of sp³-hybridized carbons (Fsp3) is 0.200. The van der Waals surface area contributed by atoms with Crippen LogP contribution in [0.5, 0.6) is 5.75 Å². The predicted octanol–water partition coefficient (Wildman–Crippen LogP) is 1.01. The molecule has 1 N–H and O–H groups in total. The quantitative estimate of drug-likeness (QED) is 0.650. The van der Waals surface area contributed by atoms with Gasteiger partial charge in [-0.25, -0.2) is 4.79 Å². The molecule has 122 valence electrons. The van der Waals surface area contributed by atoms with Gasteiger partial charge in [0.15, 0.2) is 5.75 Å². The molecule has 0 bridgehead atoms. The molecule has 0 aliphatic carbocycles. The molecule has 7 nitrogen and oxygen atoms in total. The first-order chi connectivity index (χ1) is 10.9. The van der Waals surface area contributed by atoms with Crippen LogP contribution in [0.15, 0.2) is 47.5 Å². The summed E-state index contributed by atoms with van der Waals surface area (Å²) in [4.78, 5) is 14.2. The Labute approximate surface area is 134 Å². The summed E-state index contributed by atoms with van der Waals surface area (Å²) in [7, 11) is -1.22. The zero-order valence-electron chi connectivity index (χ0n) is 12.9. The number of benzene rings is 1. The maximum absolute atomic E-state index is 12.5. The summed E-state index contributed by atoms with van der Waals surface area (Å²) in [5.41, 5.74) is 0.956. The second-order valence-electron chi connectivity index (χ2n) is 4.72. The lowest BCUT2D eigenvalue weighted by molar-refractivity contribution is -0.639. The van der Waals surface area contributed by atoms with Crippen LogP contribution in [0.4, 0.5) is 0 Å². The second kappa shape index (κ2) is 6.66. The smallest absolute Gasteiger partial charge is 0.406 e. The number of pyridine rings is 1. The van der Waals surface area contributed by atoms with E-state index < -0.39 is 16.0 Å². The number of nitrogens with one attached hydrogen (secondary N) is 1. The van der Waals surface area contributed by atoms with E-state index in [0.717, 1.165) is 10.2 Å². The Morgan fingerprint density at radius 1 is 1.09 bits per heavy atom. The fourth-order valence-corrected chi connectivity index (χ4v) is 2.86. The third-order valence-corrected chi connectivity index (χ3v) is 4.43. The van der Waals surface area contributed by atoms with Crippen LogP contribution in [-0.4, -0.2) is 28.6 Å². The molecule has 0 fully saturated rings. The summed E-state index contributed by atoms with van der Waals surface area (Å²) in [6.45, 7) is 1.86. The normalized spacial score (nSPS) is 10.9. The van der Waals surface area contributed by atoms with Gasteiger partial charge in [-0.3, -0.25) is 0 Å². The molecular formula is C15H17N2O5S+. The molecule has 2 rings (SSSR count). The minimum atomic E-state index is -3.87. The molecule has 0 spiro atoms. The van der Waals surface area contributed by atoms with Crippen molar-refractivity contribution in [2.75, 3.05) is 19.1 Å². The van der Waals surface area contributed by atoms with Gasteiger partial charge < -0.3 is 9.47 Å². The van der Waals surface area contributed by atoms with Crippen LogP contribution in [0.3, 0.4) is 0 Å². The third kappa shape index (κ3) is 3.78. The Morgan fingerprint density at radius 3 is 2.30 bits per heavy atom. The highest BCUT2D eigenvalue weighted by atomic mass is 32.2. The van der Waals surface area contributed by atoms with Gasteiger partial charge in [-0.2, -0.15) is 8.42 Å². The molecule has 0 unspecified atom stereocenters. The van der Waals surface area contributed by atoms with Crippen LogP contribution < -0.4 is 14.2 Å². The SMILES string of the molecule is COC(=O)c1ccc(OC)c[n+]1NS(=O)(=O)c1ccc(C)cc1. The number of methoxy groups -OCH3 is 2. The number of nitrogens with zero attached hydrogens (tertiary/aromatic N) is 1. The van der Waals surface area contributed by atoms with Crippen molar-refractivity contribution < 1.29 is 27.4 Å². The first kappa shape index (κ1) is 16.8. The van der Waals surface area contributed by atoms with E-state index in [0.29, 0.717) is 5.75 Å². The summed E-state index contributed by atoms with van der Waals surface area (Å²) >= 11 is 0. The number of carbonyl (C=O) groups is 1. The molecule has 0 atom stereocenters. The predicted molar refractivity (Wildman–Crippen MR) is 82.3 cm³/mol. The van der Waals surface area contributed by atoms with Crippen LogP contribution >= 0.6 is 0 Å². The number of hydrogen-bond donors (Lipinski definition) is 1. The van der Waals surface area contributed by atoms with Crippen molar-refractivity contribution >= 4 is 16.0 Å². The molecule has 0 saturated heterocycles. The zero-order valence-corrected chi connectivity index (χ0v) is 13.8. The summed E-state index contributed by atoms with van der Waals surface area (Å²) in [6.07, 6.45) is 1.35. The van der Waals surface area contributed by atoms with E-state index in [4.69, 9.17) is 4.74 Å². The van der Waals surface area contributed by atoms with Crippen LogP contribution in [0.2, 0.25) is 0 Å². The van der Waals surface area contributed by atoms with Crippen molar-refractivity contribution in [3.8, 4) is 5.75 Å². The lowest BCUT2D eigenvalue weighted by Gasteiger charge is -2.07. The summed E-state index contributed by atoms with van der Waals surface area (Å²) in [5.74, 6) is -0.302. The summed E-state index contributed by atoms with van der Waals surface area (Å²) in [5, 5.41) is 0. The molecule has 2 aromatic rings. The van der Waals surface area contributed by atoms with Crippen molar-refractivity contribution in [3.63, 3.8) is 0 Å². The number of hydrogen-bond acceptors (Lipinski definition) is 5. The van der Waals surface area contributed by atoms with Crippen molar-refractivity contribution in [3.05, 3.63) is 53.9 Å². The van der Waals surface area contributed by atoms with Crippen LogP contribution in [0.25, 0.3) is 0 Å². The minimum Gasteiger partial charge on any atom is -0.491 e. The van der Waals surface area contributed by atoms with Crippen molar-refractivity contribution in [2.24, 2.45) is 0 Å². The first-order valence-electron chi connectivity index (χ1n) is 6.65. The molecule has 0 radical (unpaired) electrons. The highest BCUT2D eigenvalue weighted by molar-refractivity contribution is 7.92. The molecular weight excluding hydrogens is 320 g/mol. The van der Waals surface area contributed by atoms with Gasteiger partial charge in [0.2, 0.25) is 6.20 Å². The topological polar surface area (TPSA) is 85.6 Å². The Bertz CT molecular complexity index is 816. The average Bonchev–Trinajstić information content (AvgIpc) is 2.54. The van der Waals surface area contributed by atoms with Gasteiger partial charge in [-0.1, -0.05) is 27.2 Å². The minimum absolute atomic E-state index is 0.0176. The van der Waals surface area contributed by atoms with Gasteiger partial charge in [0.05, 0.1) is 19.1 Å². The molecule has 23 heavy (non-hydrogen) atoms. The Kier molecular flexibility index (Phi) is 4.85. The van der Waals surface area contributed by atoms with Crippen molar-refractivity contribution in [2.45, 2.75) is 11.8 Å². The van der Waals surface area contributed by atoms with E-state index in [2.05, 4.69) is 9.57 Å². The second-order valence-corrected chi connectivity index (χ2v) is 6.38. The highest BCUT2D eigenvalue weighted by Gasteiger charge is 2.27. The Balaban J connectivity index is 2.44. The van der Waals surface area contributed by atoms with Crippen molar-refractivity contribution in [1.29, 1.82) is 0 Å². The van der Waals surface area contributed by atoms with Crippen molar-refractivity contribution in [1.82, 2.24) is 0 Å². The van der Waals surface area contributed by atoms with Gasteiger partial charge in [0.25, 0.3) is 0 Å². The maximum atomic E-state index is 12.5. The number of aryl methyl sites for hydroxylation is 1. The number of aromatic nitrogens is 1. The number of ether oxygens (including phenoxy) is 2. The average molecular weight is 337 g/mol. The maximum Gasteiger partial charge on any atom is 0.406 e. The van der Waals surface area contributed by atoms with E-state index in [9.17, 15) is 13.2 Å². The van der Waals surface area contributed by atoms with Gasteiger partial charge in [0, 0.05) is 6.07 Å². The van der Waals surface area contributed by atoms with Crippen LogP contribution in [0.1, 0.15) is 16.1 Å². The highest BCUT2D eigenvalue weighted by Crippen LogP contribution is 2.11. The zero-order chi connectivity index (χ0) is 17.0. The van der Waals surface area contributed by atoms with E-state index >= 15 is 0 Å². The van der Waals surface area contributed by atoms with Gasteiger partial charge >= 0.3 is 21.7 Å². The lowest BCUT2D eigenvalue weighted by Crippen LogP contribution is -2.52. The molecule has 0 amide bonds. The Hall–Kier alpha value is -2.61. The fourth-order valence-electron chi connectivity index (χ4n) is 1.85.